The van der Waals surface area contributed by atoms with E-state index in [4.69, 9.17) is 16.3 Å². The third kappa shape index (κ3) is 4.40. The largest absolute Gasteiger partial charge is 0.494 e. The first kappa shape index (κ1) is 16.2. The fourth-order valence-electron chi connectivity index (χ4n) is 3.07. The lowest BCUT2D eigenvalue weighted by atomic mass is 10.2. The van der Waals surface area contributed by atoms with E-state index >= 15 is 0 Å². The van der Waals surface area contributed by atoms with Crippen molar-refractivity contribution in [2.24, 2.45) is 0 Å². The molecule has 0 atom stereocenters. The number of nitrogens with one attached hydrogen (secondary N) is 1. The van der Waals surface area contributed by atoms with Crippen molar-refractivity contribution in [1.82, 2.24) is 0 Å². The number of hydrogen-bond donors (Lipinski definition) is 1. The van der Waals surface area contributed by atoms with E-state index < -0.39 is 0 Å². The van der Waals surface area contributed by atoms with Crippen LogP contribution in [0.4, 0.5) is 5.69 Å². The standard InChI is InChI=1S/C19H23ClN2O/c1-2-23-19-9-3-16(4-10-19)15-21-11-13-22(14-12-21)18-7-5-17(20)6-8-18/h3-10H,2,11-15H2,1H3/p+1. The van der Waals surface area contributed by atoms with Gasteiger partial charge < -0.3 is 14.5 Å². The summed E-state index contributed by atoms with van der Waals surface area (Å²) in [5, 5.41) is 0.800. The minimum atomic E-state index is 0.719. The van der Waals surface area contributed by atoms with Gasteiger partial charge in [0.2, 0.25) is 0 Å². The van der Waals surface area contributed by atoms with Gasteiger partial charge in [0.1, 0.15) is 12.3 Å². The van der Waals surface area contributed by atoms with E-state index in [1.165, 1.54) is 11.3 Å². The van der Waals surface area contributed by atoms with Crippen LogP contribution in [0.3, 0.4) is 0 Å². The zero-order valence-electron chi connectivity index (χ0n) is 13.6. The van der Waals surface area contributed by atoms with Crippen molar-refractivity contribution < 1.29 is 9.64 Å². The van der Waals surface area contributed by atoms with Crippen LogP contribution in [-0.2, 0) is 6.54 Å². The Kier molecular flexibility index (Phi) is 5.42. The first-order valence-corrected chi connectivity index (χ1v) is 8.68. The SMILES string of the molecule is CCOc1ccc(C[NH+]2CCN(c3ccc(Cl)cc3)CC2)cc1. The zero-order chi connectivity index (χ0) is 16.1. The number of hydrogen-bond acceptors (Lipinski definition) is 2. The van der Waals surface area contributed by atoms with Gasteiger partial charge in [0.05, 0.1) is 32.8 Å². The second-order valence-corrected chi connectivity index (χ2v) is 6.40. The number of anilines is 1. The molecule has 0 bridgehead atoms. The highest BCUT2D eigenvalue weighted by molar-refractivity contribution is 6.30. The normalized spacial score (nSPS) is 15.7. The molecule has 0 unspecified atom stereocenters. The van der Waals surface area contributed by atoms with Crippen molar-refractivity contribution in [3.63, 3.8) is 0 Å². The molecule has 1 aliphatic rings. The monoisotopic (exact) mass is 331 g/mol. The Labute approximate surface area is 143 Å². The van der Waals surface area contributed by atoms with E-state index in [2.05, 4.69) is 41.3 Å². The Bertz CT molecular complexity index is 604. The van der Waals surface area contributed by atoms with Gasteiger partial charge in [-0.05, 0) is 55.5 Å². The number of nitrogens with zero attached hydrogens (tertiary/aromatic N) is 1. The van der Waals surface area contributed by atoms with Gasteiger partial charge in [0, 0.05) is 16.3 Å². The van der Waals surface area contributed by atoms with Gasteiger partial charge in [0.25, 0.3) is 0 Å². The zero-order valence-corrected chi connectivity index (χ0v) is 14.4. The van der Waals surface area contributed by atoms with Crippen LogP contribution in [0.5, 0.6) is 5.75 Å². The molecule has 3 nitrogen and oxygen atoms in total. The summed E-state index contributed by atoms with van der Waals surface area (Å²) in [7, 11) is 0. The van der Waals surface area contributed by atoms with E-state index in [1.807, 2.05) is 19.1 Å². The first-order valence-electron chi connectivity index (χ1n) is 8.30. The van der Waals surface area contributed by atoms with Crippen LogP contribution >= 0.6 is 11.6 Å². The predicted octanol–water partition coefficient (Wildman–Crippen LogP) is 2.64. The molecule has 122 valence electrons. The molecule has 2 aromatic rings. The summed E-state index contributed by atoms with van der Waals surface area (Å²) in [6.07, 6.45) is 0. The first-order chi connectivity index (χ1) is 11.2. The molecular weight excluding hydrogens is 308 g/mol. The summed E-state index contributed by atoms with van der Waals surface area (Å²) in [6, 6.07) is 16.7. The summed E-state index contributed by atoms with van der Waals surface area (Å²) < 4.78 is 5.50. The van der Waals surface area contributed by atoms with E-state index in [1.54, 1.807) is 4.90 Å². The molecule has 2 aromatic carbocycles. The Morgan fingerprint density at radius 2 is 1.65 bits per heavy atom. The Morgan fingerprint density at radius 3 is 2.26 bits per heavy atom. The van der Waals surface area contributed by atoms with Crippen molar-refractivity contribution in [2.45, 2.75) is 13.5 Å². The minimum absolute atomic E-state index is 0.719. The molecule has 1 saturated heterocycles. The van der Waals surface area contributed by atoms with Gasteiger partial charge in [-0.25, -0.2) is 0 Å². The van der Waals surface area contributed by atoms with Crippen molar-refractivity contribution in [1.29, 1.82) is 0 Å². The van der Waals surface area contributed by atoms with E-state index in [0.717, 1.165) is 50.1 Å². The molecule has 23 heavy (non-hydrogen) atoms. The summed E-state index contributed by atoms with van der Waals surface area (Å²) in [4.78, 5) is 4.08. The van der Waals surface area contributed by atoms with Crippen LogP contribution in [-0.4, -0.2) is 32.8 Å². The van der Waals surface area contributed by atoms with Crippen molar-refractivity contribution in [3.05, 3.63) is 59.1 Å². The third-order valence-corrected chi connectivity index (χ3v) is 4.60. The van der Waals surface area contributed by atoms with Gasteiger partial charge in [-0.2, -0.15) is 0 Å². The van der Waals surface area contributed by atoms with Crippen LogP contribution < -0.4 is 14.5 Å². The van der Waals surface area contributed by atoms with Crippen LogP contribution in [0, 0.1) is 0 Å². The van der Waals surface area contributed by atoms with Crippen LogP contribution in [0.1, 0.15) is 12.5 Å². The van der Waals surface area contributed by atoms with Gasteiger partial charge >= 0.3 is 0 Å². The van der Waals surface area contributed by atoms with Crippen LogP contribution in [0.15, 0.2) is 48.5 Å². The molecule has 0 saturated carbocycles. The Balaban J connectivity index is 1.51. The number of rotatable bonds is 5. The van der Waals surface area contributed by atoms with Crippen molar-refractivity contribution in [2.75, 3.05) is 37.7 Å². The smallest absolute Gasteiger partial charge is 0.119 e. The fraction of sp³-hybridized carbons (Fsp3) is 0.368. The second-order valence-electron chi connectivity index (χ2n) is 5.97. The second kappa shape index (κ2) is 7.71. The summed E-state index contributed by atoms with van der Waals surface area (Å²) in [5.74, 6) is 0.957. The van der Waals surface area contributed by atoms with Gasteiger partial charge in [-0.1, -0.05) is 11.6 Å². The van der Waals surface area contributed by atoms with E-state index in [-0.39, 0.29) is 0 Å². The number of quaternary nitrogens is 1. The average molecular weight is 332 g/mol. The number of piperazine rings is 1. The number of benzene rings is 2. The van der Waals surface area contributed by atoms with Gasteiger partial charge in [-0.3, -0.25) is 0 Å². The average Bonchev–Trinajstić information content (AvgIpc) is 2.58. The lowest BCUT2D eigenvalue weighted by molar-refractivity contribution is -0.914. The molecule has 0 aromatic heterocycles. The number of halogens is 1. The van der Waals surface area contributed by atoms with Gasteiger partial charge in [-0.15, -0.1) is 0 Å². The Hall–Kier alpha value is -1.71. The minimum Gasteiger partial charge on any atom is -0.494 e. The highest BCUT2D eigenvalue weighted by Crippen LogP contribution is 2.18. The van der Waals surface area contributed by atoms with Crippen LogP contribution in [0.2, 0.25) is 5.02 Å². The number of ether oxygens (including phenoxy) is 1. The highest BCUT2D eigenvalue weighted by Gasteiger charge is 2.20. The molecule has 0 spiro atoms. The third-order valence-electron chi connectivity index (χ3n) is 4.35. The summed E-state index contributed by atoms with van der Waals surface area (Å²) in [6.45, 7) is 8.32. The molecule has 1 fully saturated rings. The molecule has 3 rings (SSSR count). The topological polar surface area (TPSA) is 16.9 Å². The van der Waals surface area contributed by atoms with Crippen molar-refractivity contribution in [3.8, 4) is 5.75 Å². The molecule has 0 aliphatic carbocycles. The molecule has 1 aliphatic heterocycles. The van der Waals surface area contributed by atoms with E-state index in [9.17, 15) is 0 Å². The molecule has 0 amide bonds. The quantitative estimate of drug-likeness (QED) is 0.907. The lowest BCUT2D eigenvalue weighted by Gasteiger charge is -2.33. The fourth-order valence-corrected chi connectivity index (χ4v) is 3.19. The van der Waals surface area contributed by atoms with E-state index in [0.29, 0.717) is 0 Å². The maximum absolute atomic E-state index is 5.96. The molecule has 1 heterocycles. The molecule has 0 radical (unpaired) electrons. The predicted molar refractivity (Wildman–Crippen MR) is 95.7 cm³/mol. The lowest BCUT2D eigenvalue weighted by Crippen LogP contribution is -3.13. The molecule has 4 heteroatoms. The maximum atomic E-state index is 5.96. The molecular formula is C19H24ClN2O+. The van der Waals surface area contributed by atoms with Crippen LogP contribution in [0.25, 0.3) is 0 Å². The highest BCUT2D eigenvalue weighted by atomic mass is 35.5. The van der Waals surface area contributed by atoms with Crippen molar-refractivity contribution >= 4 is 17.3 Å². The summed E-state index contributed by atoms with van der Waals surface area (Å²) >= 11 is 5.96. The van der Waals surface area contributed by atoms with Gasteiger partial charge in [0.15, 0.2) is 0 Å². The summed E-state index contributed by atoms with van der Waals surface area (Å²) in [5.41, 5.74) is 2.65. The Morgan fingerprint density at radius 1 is 1.00 bits per heavy atom. The maximum Gasteiger partial charge on any atom is 0.119 e. The molecule has 1 N–H and O–H groups in total.